The lowest BCUT2D eigenvalue weighted by Gasteiger charge is -2.36. The molecular weight excluding hydrogens is 388 g/mol. The third-order valence-electron chi connectivity index (χ3n) is 6.64. The van der Waals surface area contributed by atoms with Gasteiger partial charge in [0.1, 0.15) is 11.3 Å². The molecule has 0 radical (unpaired) electrons. The Morgan fingerprint density at radius 2 is 1.77 bits per heavy atom. The molecule has 31 heavy (non-hydrogen) atoms. The molecule has 0 amide bonds. The molecule has 1 spiro atoms. The van der Waals surface area contributed by atoms with Crippen molar-refractivity contribution in [1.82, 2.24) is 14.5 Å². The van der Waals surface area contributed by atoms with E-state index in [4.69, 9.17) is 19.4 Å². The second-order valence-electron chi connectivity index (χ2n) is 8.94. The highest BCUT2D eigenvalue weighted by atomic mass is 16.7. The molecule has 1 saturated heterocycles. The van der Waals surface area contributed by atoms with Crippen molar-refractivity contribution in [3.63, 3.8) is 0 Å². The Kier molecular flexibility index (Phi) is 5.44. The Labute approximate surface area is 184 Å². The van der Waals surface area contributed by atoms with Gasteiger partial charge in [-0.1, -0.05) is 19.1 Å². The number of anilines is 1. The van der Waals surface area contributed by atoms with E-state index < -0.39 is 0 Å². The normalized spacial score (nSPS) is 18.8. The summed E-state index contributed by atoms with van der Waals surface area (Å²) in [6.07, 6.45) is 5.00. The van der Waals surface area contributed by atoms with Gasteiger partial charge in [0.05, 0.1) is 19.8 Å². The zero-order chi connectivity index (χ0) is 21.4. The second kappa shape index (κ2) is 8.24. The average molecular weight is 421 g/mol. The summed E-state index contributed by atoms with van der Waals surface area (Å²) in [4.78, 5) is 9.65. The summed E-state index contributed by atoms with van der Waals surface area (Å²) in [6.45, 7) is 8.58. The van der Waals surface area contributed by atoms with Crippen LogP contribution in [-0.2, 0) is 22.4 Å². The fourth-order valence-electron chi connectivity index (χ4n) is 5.00. The number of fused-ring (bicyclic) bond motifs is 1. The van der Waals surface area contributed by atoms with Crippen molar-refractivity contribution in [1.29, 1.82) is 0 Å². The van der Waals surface area contributed by atoms with Crippen molar-refractivity contribution in [2.24, 2.45) is 0 Å². The van der Waals surface area contributed by atoms with Crippen molar-refractivity contribution in [3.8, 4) is 0 Å². The molecule has 3 aromatic rings. The van der Waals surface area contributed by atoms with Gasteiger partial charge in [-0.25, -0.2) is 9.97 Å². The number of nitrogens with zero attached hydrogens (tertiary/aromatic N) is 3. The maximum Gasteiger partial charge on any atom is 0.168 e. The number of nitrogens with one attached hydrogen (secondary N) is 1. The van der Waals surface area contributed by atoms with Crippen LogP contribution in [0.3, 0.4) is 0 Å². The number of imidazole rings is 1. The first-order chi connectivity index (χ1) is 15.0. The van der Waals surface area contributed by atoms with Crippen LogP contribution in [0.15, 0.2) is 30.3 Å². The SMILES string of the molecule is CCc1nc2c(C)cc(C)nc2n1Cc1ccc(NC2CCC3(CC2)OCCO3)cc1. The van der Waals surface area contributed by atoms with Gasteiger partial charge >= 0.3 is 0 Å². The summed E-state index contributed by atoms with van der Waals surface area (Å²) in [5.41, 5.74) is 6.68. The first-order valence-electron chi connectivity index (χ1n) is 11.5. The van der Waals surface area contributed by atoms with Gasteiger partial charge in [-0.2, -0.15) is 0 Å². The zero-order valence-electron chi connectivity index (χ0n) is 18.8. The Hall–Kier alpha value is -2.44. The van der Waals surface area contributed by atoms with Gasteiger partial charge in [0.15, 0.2) is 11.4 Å². The second-order valence-corrected chi connectivity index (χ2v) is 8.94. The molecule has 1 aliphatic heterocycles. The highest BCUT2D eigenvalue weighted by Crippen LogP contribution is 2.36. The number of aryl methyl sites for hydroxylation is 3. The van der Waals surface area contributed by atoms with Crippen LogP contribution in [0.5, 0.6) is 0 Å². The van der Waals surface area contributed by atoms with Crippen LogP contribution >= 0.6 is 0 Å². The number of aromatic nitrogens is 3. The lowest BCUT2D eigenvalue weighted by Crippen LogP contribution is -2.39. The van der Waals surface area contributed by atoms with Gasteiger partial charge in [0.25, 0.3) is 0 Å². The minimum atomic E-state index is -0.294. The lowest BCUT2D eigenvalue weighted by atomic mass is 9.90. The molecule has 0 unspecified atom stereocenters. The van der Waals surface area contributed by atoms with Gasteiger partial charge in [0, 0.05) is 36.7 Å². The fourth-order valence-corrected chi connectivity index (χ4v) is 5.00. The Balaban J connectivity index is 1.28. The van der Waals surface area contributed by atoms with Crippen LogP contribution < -0.4 is 5.32 Å². The molecule has 2 aliphatic rings. The van der Waals surface area contributed by atoms with E-state index in [2.05, 4.69) is 54.1 Å². The molecule has 0 bridgehead atoms. The van der Waals surface area contributed by atoms with Gasteiger partial charge in [0.2, 0.25) is 0 Å². The predicted molar refractivity (Wildman–Crippen MR) is 122 cm³/mol. The quantitative estimate of drug-likeness (QED) is 0.645. The monoisotopic (exact) mass is 420 g/mol. The average Bonchev–Trinajstić information content (AvgIpc) is 3.36. The van der Waals surface area contributed by atoms with E-state index in [1.54, 1.807) is 0 Å². The minimum absolute atomic E-state index is 0.294. The smallest absolute Gasteiger partial charge is 0.168 e. The molecule has 5 rings (SSSR count). The molecule has 2 aromatic heterocycles. The van der Waals surface area contributed by atoms with E-state index in [0.717, 1.165) is 74.5 Å². The third-order valence-corrected chi connectivity index (χ3v) is 6.64. The molecule has 1 N–H and O–H groups in total. The van der Waals surface area contributed by atoms with Crippen LogP contribution in [0, 0.1) is 13.8 Å². The summed E-state index contributed by atoms with van der Waals surface area (Å²) < 4.78 is 14.0. The molecule has 6 heteroatoms. The van der Waals surface area contributed by atoms with E-state index in [1.807, 2.05) is 6.92 Å². The topological polar surface area (TPSA) is 61.2 Å². The van der Waals surface area contributed by atoms with Crippen LogP contribution in [0.25, 0.3) is 11.2 Å². The first kappa shape index (κ1) is 20.5. The highest BCUT2D eigenvalue weighted by molar-refractivity contribution is 5.76. The summed E-state index contributed by atoms with van der Waals surface area (Å²) in [6, 6.07) is 11.4. The lowest BCUT2D eigenvalue weighted by molar-refractivity contribution is -0.177. The summed E-state index contributed by atoms with van der Waals surface area (Å²) >= 11 is 0. The number of benzene rings is 1. The summed E-state index contributed by atoms with van der Waals surface area (Å²) in [7, 11) is 0. The maximum absolute atomic E-state index is 5.85. The van der Waals surface area contributed by atoms with E-state index in [0.29, 0.717) is 6.04 Å². The van der Waals surface area contributed by atoms with Crippen molar-refractivity contribution < 1.29 is 9.47 Å². The van der Waals surface area contributed by atoms with Crippen LogP contribution in [0.2, 0.25) is 0 Å². The van der Waals surface area contributed by atoms with Crippen molar-refractivity contribution in [2.45, 2.75) is 71.2 Å². The molecule has 1 saturated carbocycles. The summed E-state index contributed by atoms with van der Waals surface area (Å²) in [5.74, 6) is 0.794. The minimum Gasteiger partial charge on any atom is -0.382 e. The molecular formula is C25H32N4O2. The van der Waals surface area contributed by atoms with Crippen molar-refractivity contribution in [3.05, 3.63) is 53.0 Å². The van der Waals surface area contributed by atoms with Gasteiger partial charge in [-0.3, -0.25) is 0 Å². The Morgan fingerprint density at radius 3 is 2.45 bits per heavy atom. The summed E-state index contributed by atoms with van der Waals surface area (Å²) in [5, 5.41) is 3.70. The Morgan fingerprint density at radius 1 is 1.06 bits per heavy atom. The van der Waals surface area contributed by atoms with Crippen LogP contribution in [-0.4, -0.2) is 39.6 Å². The van der Waals surface area contributed by atoms with E-state index in [-0.39, 0.29) is 5.79 Å². The van der Waals surface area contributed by atoms with Crippen LogP contribution in [0.1, 0.15) is 55.3 Å². The number of pyridine rings is 1. The molecule has 6 nitrogen and oxygen atoms in total. The fraction of sp³-hybridized carbons (Fsp3) is 0.520. The number of ether oxygens (including phenoxy) is 2. The van der Waals surface area contributed by atoms with E-state index >= 15 is 0 Å². The largest absolute Gasteiger partial charge is 0.382 e. The van der Waals surface area contributed by atoms with Gasteiger partial charge in [-0.05, 0) is 56.0 Å². The highest BCUT2D eigenvalue weighted by Gasteiger charge is 2.40. The maximum atomic E-state index is 5.85. The van der Waals surface area contributed by atoms with E-state index in [1.165, 1.54) is 16.8 Å². The number of rotatable bonds is 5. The van der Waals surface area contributed by atoms with E-state index in [9.17, 15) is 0 Å². The molecule has 0 atom stereocenters. The molecule has 1 aliphatic carbocycles. The van der Waals surface area contributed by atoms with Crippen molar-refractivity contribution in [2.75, 3.05) is 18.5 Å². The number of hydrogen-bond donors (Lipinski definition) is 1. The predicted octanol–water partition coefficient (Wildman–Crippen LogP) is 4.76. The van der Waals surface area contributed by atoms with Crippen LogP contribution in [0.4, 0.5) is 5.69 Å². The Bertz CT molecular complexity index is 1060. The molecule has 3 heterocycles. The standard InChI is InChI=1S/C25H32N4O2/c1-4-22-28-23-17(2)15-18(3)26-24(23)29(22)16-19-5-7-20(8-6-19)27-21-9-11-25(12-10-21)30-13-14-31-25/h5-8,15,21,27H,4,9-14,16H2,1-3H3. The van der Waals surface area contributed by atoms with Gasteiger partial charge < -0.3 is 19.4 Å². The molecule has 164 valence electrons. The first-order valence-corrected chi connectivity index (χ1v) is 11.5. The molecule has 1 aromatic carbocycles. The third kappa shape index (κ3) is 4.06. The molecule has 2 fully saturated rings. The van der Waals surface area contributed by atoms with Gasteiger partial charge in [-0.15, -0.1) is 0 Å². The van der Waals surface area contributed by atoms with Crippen molar-refractivity contribution >= 4 is 16.9 Å². The zero-order valence-corrected chi connectivity index (χ0v) is 18.8. The number of hydrogen-bond acceptors (Lipinski definition) is 5.